The molecule has 0 saturated carbocycles. The Morgan fingerprint density at radius 3 is 2.83 bits per heavy atom. The number of nitrogens with one attached hydrogen (secondary N) is 1. The molecule has 0 aliphatic carbocycles. The molecule has 0 amide bonds. The molecule has 3 N–H and O–H groups in total. The maximum atomic E-state index is 12.3. The molecule has 1 saturated heterocycles. The van der Waals surface area contributed by atoms with Crippen LogP contribution in [0.4, 0.5) is 5.82 Å². The van der Waals surface area contributed by atoms with Crippen molar-refractivity contribution in [1.82, 2.24) is 9.55 Å². The van der Waals surface area contributed by atoms with Crippen LogP contribution in [-0.4, -0.2) is 28.7 Å². The number of nitrogens with zero attached hydrogens (tertiary/aromatic N) is 2. The number of H-pyrrole nitrogens is 1. The van der Waals surface area contributed by atoms with E-state index in [1.54, 1.807) is 4.57 Å². The molecule has 7 heteroatoms. The van der Waals surface area contributed by atoms with Crippen LogP contribution in [0.1, 0.15) is 18.4 Å². The highest BCUT2D eigenvalue weighted by Crippen LogP contribution is 2.19. The fourth-order valence-corrected chi connectivity index (χ4v) is 3.50. The Morgan fingerprint density at radius 2 is 2.09 bits per heavy atom. The Labute approximate surface area is 147 Å². The van der Waals surface area contributed by atoms with Crippen molar-refractivity contribution in [1.29, 1.82) is 0 Å². The largest absolute Gasteiger partial charge is 0.356 e. The number of halogens is 1. The molecule has 6 nitrogen and oxygen atoms in total. The van der Waals surface area contributed by atoms with Gasteiger partial charge in [0, 0.05) is 28.8 Å². The van der Waals surface area contributed by atoms with Crippen LogP contribution in [0.2, 0.25) is 0 Å². The summed E-state index contributed by atoms with van der Waals surface area (Å²) in [6, 6.07) is 9.47. The van der Waals surface area contributed by atoms with E-state index in [0.717, 1.165) is 28.5 Å². The quantitative estimate of drug-likeness (QED) is 0.721. The third-order valence-electron chi connectivity index (χ3n) is 4.08. The van der Waals surface area contributed by atoms with Gasteiger partial charge in [-0.3, -0.25) is 14.3 Å². The normalized spacial score (nSPS) is 18.2. The lowest BCUT2D eigenvalue weighted by atomic mass is 10.1. The van der Waals surface area contributed by atoms with E-state index in [9.17, 15) is 9.59 Å². The lowest BCUT2D eigenvalue weighted by Crippen LogP contribution is -2.46. The van der Waals surface area contributed by atoms with Crippen molar-refractivity contribution >= 4 is 28.4 Å². The fraction of sp³-hybridized carbons (Fsp3) is 0.375. The van der Waals surface area contributed by atoms with Gasteiger partial charge in [0.15, 0.2) is 0 Å². The molecule has 0 bridgehead atoms. The molecule has 0 spiro atoms. The molecule has 122 valence electrons. The Hall–Kier alpha value is -1.61. The van der Waals surface area contributed by atoms with Crippen molar-refractivity contribution in [2.24, 2.45) is 5.73 Å². The summed E-state index contributed by atoms with van der Waals surface area (Å²) in [6.45, 7) is 1.90. The van der Waals surface area contributed by atoms with Gasteiger partial charge in [-0.15, -0.1) is 0 Å². The highest BCUT2D eigenvalue weighted by molar-refractivity contribution is 14.1. The Kier molecular flexibility index (Phi) is 4.86. The molecule has 1 aromatic heterocycles. The first kappa shape index (κ1) is 16.3. The van der Waals surface area contributed by atoms with E-state index >= 15 is 0 Å². The molecule has 1 atom stereocenters. The molecule has 1 aliphatic heterocycles. The third kappa shape index (κ3) is 3.66. The number of nitrogens with two attached hydrogens (primary N) is 1. The molecule has 0 unspecified atom stereocenters. The SMILES string of the molecule is N[C@@H]1CCCN(c2cc(=O)[nH]c(=O)n2Cc2ccccc2I)C1. The van der Waals surface area contributed by atoms with Gasteiger partial charge in [0.25, 0.3) is 5.56 Å². The second kappa shape index (κ2) is 6.88. The van der Waals surface area contributed by atoms with Gasteiger partial charge >= 0.3 is 5.69 Å². The summed E-state index contributed by atoms with van der Waals surface area (Å²) in [7, 11) is 0. The minimum atomic E-state index is -0.383. The second-order valence-corrected chi connectivity index (χ2v) is 6.99. The van der Waals surface area contributed by atoms with Gasteiger partial charge < -0.3 is 10.6 Å². The smallest absolute Gasteiger partial charge is 0.330 e. The van der Waals surface area contributed by atoms with E-state index in [4.69, 9.17) is 5.73 Å². The summed E-state index contributed by atoms with van der Waals surface area (Å²) in [6.07, 6.45) is 1.94. The zero-order chi connectivity index (χ0) is 16.4. The van der Waals surface area contributed by atoms with Crippen molar-refractivity contribution in [3.05, 3.63) is 60.3 Å². The molecule has 1 aliphatic rings. The number of aromatic amines is 1. The molecule has 2 heterocycles. The highest BCUT2D eigenvalue weighted by atomic mass is 127. The third-order valence-corrected chi connectivity index (χ3v) is 5.13. The van der Waals surface area contributed by atoms with Crippen molar-refractivity contribution in [3.63, 3.8) is 0 Å². The number of anilines is 1. The maximum absolute atomic E-state index is 12.3. The van der Waals surface area contributed by atoms with E-state index < -0.39 is 0 Å². The summed E-state index contributed by atoms with van der Waals surface area (Å²) < 4.78 is 2.71. The molecular formula is C16H19IN4O2. The highest BCUT2D eigenvalue weighted by Gasteiger charge is 2.21. The monoisotopic (exact) mass is 426 g/mol. The number of benzene rings is 1. The summed E-state index contributed by atoms with van der Waals surface area (Å²) in [5.41, 5.74) is 6.34. The van der Waals surface area contributed by atoms with Crippen LogP contribution < -0.4 is 21.9 Å². The van der Waals surface area contributed by atoms with Crippen LogP contribution in [0.15, 0.2) is 39.9 Å². The maximum Gasteiger partial charge on any atom is 0.330 e. The molecule has 3 rings (SSSR count). The number of hydrogen-bond donors (Lipinski definition) is 2. The molecule has 0 radical (unpaired) electrons. The van der Waals surface area contributed by atoms with Gasteiger partial charge in [-0.1, -0.05) is 18.2 Å². The van der Waals surface area contributed by atoms with E-state index in [1.165, 1.54) is 6.07 Å². The predicted molar refractivity (Wildman–Crippen MR) is 99.0 cm³/mol. The van der Waals surface area contributed by atoms with Gasteiger partial charge in [-0.2, -0.15) is 0 Å². The van der Waals surface area contributed by atoms with Gasteiger partial charge in [0.2, 0.25) is 0 Å². The van der Waals surface area contributed by atoms with Crippen LogP contribution in [0.3, 0.4) is 0 Å². The van der Waals surface area contributed by atoms with E-state index in [1.807, 2.05) is 29.2 Å². The second-order valence-electron chi connectivity index (χ2n) is 5.82. The summed E-state index contributed by atoms with van der Waals surface area (Å²) in [4.78, 5) is 28.5. The minimum absolute atomic E-state index is 0.0726. The van der Waals surface area contributed by atoms with Crippen LogP contribution in [0.5, 0.6) is 0 Å². The van der Waals surface area contributed by atoms with Crippen LogP contribution in [0, 0.1) is 3.57 Å². The zero-order valence-electron chi connectivity index (χ0n) is 12.7. The van der Waals surface area contributed by atoms with Crippen molar-refractivity contribution in [3.8, 4) is 0 Å². The predicted octanol–water partition coefficient (Wildman–Crippen LogP) is 1.12. The molecular weight excluding hydrogens is 407 g/mol. The summed E-state index contributed by atoms with van der Waals surface area (Å²) in [5.74, 6) is 0.647. The van der Waals surface area contributed by atoms with Gasteiger partial charge in [0.1, 0.15) is 5.82 Å². The molecule has 1 fully saturated rings. The standard InChI is InChI=1S/C16H19IN4O2/c17-13-6-2-1-4-11(13)9-21-15(8-14(22)19-16(21)23)20-7-3-5-12(18)10-20/h1-2,4,6,8,12H,3,5,7,9-10,18H2,(H,19,22,23)/t12-/m1/s1. The number of aromatic nitrogens is 2. The fourth-order valence-electron chi connectivity index (χ4n) is 2.94. The number of hydrogen-bond acceptors (Lipinski definition) is 4. The van der Waals surface area contributed by atoms with Gasteiger partial charge in [-0.05, 0) is 47.1 Å². The molecule has 23 heavy (non-hydrogen) atoms. The number of rotatable bonds is 3. The summed E-state index contributed by atoms with van der Waals surface area (Å²) >= 11 is 2.25. The summed E-state index contributed by atoms with van der Waals surface area (Å²) in [5, 5.41) is 0. The van der Waals surface area contributed by atoms with E-state index in [0.29, 0.717) is 18.9 Å². The van der Waals surface area contributed by atoms with Crippen molar-refractivity contribution < 1.29 is 0 Å². The minimum Gasteiger partial charge on any atom is -0.356 e. The molecule has 1 aromatic carbocycles. The number of piperidine rings is 1. The van der Waals surface area contributed by atoms with Crippen LogP contribution in [-0.2, 0) is 6.54 Å². The average Bonchev–Trinajstić information content (AvgIpc) is 2.51. The Bertz CT molecular complexity index is 814. The van der Waals surface area contributed by atoms with Gasteiger partial charge in [0.05, 0.1) is 6.54 Å². The lowest BCUT2D eigenvalue weighted by molar-refractivity contribution is 0.494. The molecule has 2 aromatic rings. The average molecular weight is 426 g/mol. The first-order valence-corrected chi connectivity index (χ1v) is 8.70. The topological polar surface area (TPSA) is 84.1 Å². The van der Waals surface area contributed by atoms with Crippen LogP contribution >= 0.6 is 22.6 Å². The van der Waals surface area contributed by atoms with Crippen molar-refractivity contribution in [2.45, 2.75) is 25.4 Å². The first-order valence-electron chi connectivity index (χ1n) is 7.62. The van der Waals surface area contributed by atoms with Crippen LogP contribution in [0.25, 0.3) is 0 Å². The van der Waals surface area contributed by atoms with Crippen molar-refractivity contribution in [2.75, 3.05) is 18.0 Å². The van der Waals surface area contributed by atoms with Gasteiger partial charge in [-0.25, -0.2) is 4.79 Å². The van der Waals surface area contributed by atoms with E-state index in [2.05, 4.69) is 27.6 Å². The zero-order valence-corrected chi connectivity index (χ0v) is 14.8. The lowest BCUT2D eigenvalue weighted by Gasteiger charge is -2.33. The first-order chi connectivity index (χ1) is 11.0. The Balaban J connectivity index is 2.03. The Morgan fingerprint density at radius 1 is 1.30 bits per heavy atom. The van der Waals surface area contributed by atoms with E-state index in [-0.39, 0.29) is 17.3 Å².